The summed E-state index contributed by atoms with van der Waals surface area (Å²) in [7, 11) is 0. The Bertz CT molecular complexity index is 1320. The van der Waals surface area contributed by atoms with Crippen molar-refractivity contribution in [2.45, 2.75) is 0 Å². The average Bonchev–Trinajstić information content (AvgIpc) is 3.31. The molecule has 0 N–H and O–H groups in total. The molecule has 5 rings (SSSR count). The minimum atomic E-state index is -0.393. The molecule has 154 valence electrons. The van der Waals surface area contributed by atoms with Crippen LogP contribution in [-0.4, -0.2) is 35.0 Å². The summed E-state index contributed by atoms with van der Waals surface area (Å²) in [6.45, 7) is 0.206. The first-order chi connectivity index (χ1) is 15.1. The second kappa shape index (κ2) is 7.63. The van der Waals surface area contributed by atoms with Gasteiger partial charge in [-0.25, -0.2) is 4.39 Å². The molecule has 0 radical (unpaired) electrons. The monoisotopic (exact) mass is 480 g/mol. The van der Waals surface area contributed by atoms with Crippen molar-refractivity contribution < 1.29 is 23.2 Å². The number of rotatable bonds is 5. The van der Waals surface area contributed by atoms with Crippen LogP contribution in [0.4, 0.5) is 4.39 Å². The first kappa shape index (κ1) is 19.4. The summed E-state index contributed by atoms with van der Waals surface area (Å²) in [4.78, 5) is 26.1. The van der Waals surface area contributed by atoms with E-state index < -0.39 is 5.82 Å². The Hall–Kier alpha value is -3.52. The van der Waals surface area contributed by atoms with E-state index in [9.17, 15) is 14.0 Å². The van der Waals surface area contributed by atoms with E-state index in [2.05, 4.69) is 21.1 Å². The number of ether oxygens (including phenoxy) is 1. The highest BCUT2D eigenvalue weighted by molar-refractivity contribution is 9.10. The highest BCUT2D eigenvalue weighted by Gasteiger charge is 2.34. The van der Waals surface area contributed by atoms with Crippen molar-refractivity contribution in [3.63, 3.8) is 0 Å². The van der Waals surface area contributed by atoms with Crippen LogP contribution in [0.3, 0.4) is 0 Å². The lowest BCUT2D eigenvalue weighted by atomic mass is 10.1. The van der Waals surface area contributed by atoms with E-state index in [0.29, 0.717) is 43.6 Å². The maximum absolute atomic E-state index is 14.2. The fourth-order valence-electron chi connectivity index (χ4n) is 3.60. The van der Waals surface area contributed by atoms with Crippen LogP contribution in [-0.2, 0) is 0 Å². The van der Waals surface area contributed by atoms with E-state index in [-0.39, 0.29) is 25.0 Å². The summed E-state index contributed by atoms with van der Waals surface area (Å²) in [5.74, 6) is -0.595. The quantitative estimate of drug-likeness (QED) is 0.372. The Labute approximate surface area is 184 Å². The van der Waals surface area contributed by atoms with Crippen LogP contribution in [0, 0.1) is 5.82 Å². The number of amides is 2. The van der Waals surface area contributed by atoms with E-state index in [0.717, 1.165) is 0 Å². The van der Waals surface area contributed by atoms with Gasteiger partial charge in [0, 0.05) is 5.56 Å². The van der Waals surface area contributed by atoms with Gasteiger partial charge in [0.25, 0.3) is 11.8 Å². The Morgan fingerprint density at radius 3 is 2.26 bits per heavy atom. The van der Waals surface area contributed by atoms with Gasteiger partial charge in [-0.15, -0.1) is 0 Å². The standard InChI is InChI=1S/C23H14BrFN2O4/c24-19-18(30-12-11-27-22(28)13-5-1-2-6-14(13)23(27)29)10-9-16-20(26-31-21(16)19)15-7-3-4-8-17(15)25/h1-10H,11-12H2. The fourth-order valence-corrected chi connectivity index (χ4v) is 4.13. The van der Waals surface area contributed by atoms with E-state index in [4.69, 9.17) is 9.26 Å². The number of carbonyl (C=O) groups is 2. The topological polar surface area (TPSA) is 72.6 Å². The molecule has 0 spiro atoms. The number of imide groups is 1. The molecular weight excluding hydrogens is 467 g/mol. The lowest BCUT2D eigenvalue weighted by Gasteiger charge is -2.15. The first-order valence-corrected chi connectivity index (χ1v) is 10.3. The zero-order chi connectivity index (χ0) is 21.5. The van der Waals surface area contributed by atoms with Crippen LogP contribution in [0.25, 0.3) is 22.2 Å². The molecule has 1 aromatic heterocycles. The molecule has 0 bridgehead atoms. The van der Waals surface area contributed by atoms with Crippen molar-refractivity contribution >= 4 is 38.7 Å². The summed E-state index contributed by atoms with van der Waals surface area (Å²) in [5.41, 5.74) is 1.95. The Kier molecular flexibility index (Phi) is 4.78. The van der Waals surface area contributed by atoms with Crippen LogP contribution in [0.1, 0.15) is 20.7 Å². The van der Waals surface area contributed by atoms with Gasteiger partial charge in [-0.2, -0.15) is 0 Å². The predicted molar refractivity (Wildman–Crippen MR) is 114 cm³/mol. The van der Waals surface area contributed by atoms with Gasteiger partial charge in [0.05, 0.1) is 23.1 Å². The predicted octanol–water partition coefficient (Wildman–Crippen LogP) is 5.07. The lowest BCUT2D eigenvalue weighted by molar-refractivity contribution is 0.0631. The van der Waals surface area contributed by atoms with Gasteiger partial charge >= 0.3 is 0 Å². The van der Waals surface area contributed by atoms with Gasteiger partial charge in [-0.3, -0.25) is 14.5 Å². The van der Waals surface area contributed by atoms with Gasteiger partial charge in [0.1, 0.15) is 28.3 Å². The van der Waals surface area contributed by atoms with Crippen LogP contribution in [0.5, 0.6) is 5.75 Å². The molecule has 0 atom stereocenters. The highest BCUT2D eigenvalue weighted by Crippen LogP contribution is 2.38. The Morgan fingerprint density at radius 1 is 0.935 bits per heavy atom. The summed E-state index contributed by atoms with van der Waals surface area (Å²) in [6, 6.07) is 16.5. The second-order valence-electron chi connectivity index (χ2n) is 6.92. The molecule has 6 nitrogen and oxygen atoms in total. The summed E-state index contributed by atoms with van der Waals surface area (Å²) >= 11 is 3.45. The number of benzene rings is 3. The van der Waals surface area contributed by atoms with Crippen LogP contribution >= 0.6 is 15.9 Å². The molecular formula is C23H14BrFN2O4. The average molecular weight is 481 g/mol. The molecule has 1 aliphatic rings. The van der Waals surface area contributed by atoms with E-state index in [1.54, 1.807) is 54.6 Å². The molecule has 2 heterocycles. The van der Waals surface area contributed by atoms with Crippen molar-refractivity contribution in [3.05, 3.63) is 82.1 Å². The molecule has 0 fully saturated rings. The van der Waals surface area contributed by atoms with Gasteiger partial charge in [-0.05, 0) is 52.3 Å². The van der Waals surface area contributed by atoms with Gasteiger partial charge in [0.2, 0.25) is 0 Å². The van der Waals surface area contributed by atoms with Gasteiger partial charge < -0.3 is 9.26 Å². The normalized spacial score (nSPS) is 13.2. The molecule has 31 heavy (non-hydrogen) atoms. The molecule has 8 heteroatoms. The van der Waals surface area contributed by atoms with Crippen LogP contribution < -0.4 is 4.74 Å². The van der Waals surface area contributed by atoms with Crippen molar-refractivity contribution in [1.29, 1.82) is 0 Å². The van der Waals surface area contributed by atoms with Crippen molar-refractivity contribution in [2.75, 3.05) is 13.2 Å². The third-order valence-corrected chi connectivity index (χ3v) is 5.88. The molecule has 0 saturated carbocycles. The maximum Gasteiger partial charge on any atom is 0.261 e. The highest BCUT2D eigenvalue weighted by atomic mass is 79.9. The minimum absolute atomic E-state index is 0.101. The Morgan fingerprint density at radius 2 is 1.58 bits per heavy atom. The molecule has 2 amide bonds. The van der Waals surface area contributed by atoms with Crippen molar-refractivity contribution in [2.24, 2.45) is 0 Å². The lowest BCUT2D eigenvalue weighted by Crippen LogP contribution is -2.33. The second-order valence-corrected chi connectivity index (χ2v) is 7.71. The van der Waals surface area contributed by atoms with Crippen LogP contribution in [0.15, 0.2) is 69.7 Å². The van der Waals surface area contributed by atoms with Crippen molar-refractivity contribution in [3.8, 4) is 17.0 Å². The maximum atomic E-state index is 14.2. The molecule has 0 aliphatic carbocycles. The SMILES string of the molecule is O=C1c2ccccc2C(=O)N1CCOc1ccc2c(-c3ccccc3F)noc2c1Br. The molecule has 1 aliphatic heterocycles. The third-order valence-electron chi connectivity index (χ3n) is 5.12. The van der Waals surface area contributed by atoms with E-state index in [1.807, 2.05) is 0 Å². The molecule has 0 saturated heterocycles. The summed E-state index contributed by atoms with van der Waals surface area (Å²) in [6.07, 6.45) is 0. The Balaban J connectivity index is 1.34. The van der Waals surface area contributed by atoms with Gasteiger partial charge in [-0.1, -0.05) is 29.4 Å². The number of aromatic nitrogens is 1. The number of hydrogen-bond acceptors (Lipinski definition) is 5. The van der Waals surface area contributed by atoms with Crippen LogP contribution in [0.2, 0.25) is 0 Å². The number of carbonyl (C=O) groups excluding carboxylic acids is 2. The van der Waals surface area contributed by atoms with Gasteiger partial charge in [0.15, 0.2) is 5.58 Å². The summed E-state index contributed by atoms with van der Waals surface area (Å²) in [5, 5.41) is 4.65. The third kappa shape index (κ3) is 3.19. The zero-order valence-electron chi connectivity index (χ0n) is 16.0. The number of nitrogens with zero attached hydrogens (tertiary/aromatic N) is 2. The van der Waals surface area contributed by atoms with E-state index in [1.165, 1.54) is 11.0 Å². The largest absolute Gasteiger partial charge is 0.490 e. The number of hydrogen-bond donors (Lipinski definition) is 0. The molecule has 0 unspecified atom stereocenters. The number of fused-ring (bicyclic) bond motifs is 2. The zero-order valence-corrected chi connectivity index (χ0v) is 17.6. The first-order valence-electron chi connectivity index (χ1n) is 9.47. The van der Waals surface area contributed by atoms with Crippen molar-refractivity contribution in [1.82, 2.24) is 10.1 Å². The fraction of sp³-hybridized carbons (Fsp3) is 0.0870. The smallest absolute Gasteiger partial charge is 0.261 e. The molecule has 4 aromatic rings. The minimum Gasteiger partial charge on any atom is -0.490 e. The van der Waals surface area contributed by atoms with E-state index >= 15 is 0 Å². The molecule has 3 aromatic carbocycles. The summed E-state index contributed by atoms with van der Waals surface area (Å²) < 4.78 is 25.9. The number of halogens is 2.